The monoisotopic (exact) mass is 488 g/mol. The van der Waals surface area contributed by atoms with E-state index in [0.29, 0.717) is 12.0 Å². The van der Waals surface area contributed by atoms with Crippen LogP contribution in [0.3, 0.4) is 0 Å². The highest BCUT2D eigenvalue weighted by atomic mass is 127. The molecule has 0 saturated heterocycles. The number of nitrogens with zero attached hydrogens (tertiary/aromatic N) is 4. The summed E-state index contributed by atoms with van der Waals surface area (Å²) >= 11 is 0. The maximum atomic E-state index is 4.43. The molecule has 1 aliphatic heterocycles. The molecule has 6 nitrogen and oxygen atoms in total. The summed E-state index contributed by atoms with van der Waals surface area (Å²) in [6.07, 6.45) is 11.5. The van der Waals surface area contributed by atoms with Crippen LogP contribution >= 0.6 is 24.0 Å². The fraction of sp³-hybridized carbons (Fsp3) is 0.850. The maximum absolute atomic E-state index is 4.43. The Morgan fingerprint density at radius 2 is 1.89 bits per heavy atom. The molecule has 1 fully saturated rings. The molecule has 27 heavy (non-hydrogen) atoms. The van der Waals surface area contributed by atoms with Crippen LogP contribution in [0.1, 0.15) is 76.9 Å². The number of halogens is 1. The van der Waals surface area contributed by atoms with Crippen molar-refractivity contribution < 1.29 is 0 Å². The van der Waals surface area contributed by atoms with E-state index in [9.17, 15) is 0 Å². The Kier molecular flexibility index (Phi) is 8.82. The van der Waals surface area contributed by atoms with E-state index in [1.54, 1.807) is 0 Å². The summed E-state index contributed by atoms with van der Waals surface area (Å²) in [4.78, 5) is 4.43. The van der Waals surface area contributed by atoms with Crippen molar-refractivity contribution in [2.24, 2.45) is 16.3 Å². The van der Waals surface area contributed by atoms with Crippen LogP contribution in [-0.4, -0.2) is 34.3 Å². The van der Waals surface area contributed by atoms with Crippen LogP contribution in [0.2, 0.25) is 0 Å². The number of aliphatic imine (C=N–C) groups is 1. The lowest BCUT2D eigenvalue weighted by Crippen LogP contribution is -2.43. The van der Waals surface area contributed by atoms with Gasteiger partial charge in [0.15, 0.2) is 11.8 Å². The number of rotatable bonds is 6. The van der Waals surface area contributed by atoms with Crippen LogP contribution in [0.5, 0.6) is 0 Å². The second-order valence-electron chi connectivity index (χ2n) is 8.58. The Balaban J connectivity index is 0.00000261. The number of nitrogens with one attached hydrogen (secondary N) is 2. The molecule has 2 heterocycles. The van der Waals surface area contributed by atoms with Crippen molar-refractivity contribution >= 4 is 29.9 Å². The van der Waals surface area contributed by atoms with Crippen molar-refractivity contribution in [3.8, 4) is 0 Å². The van der Waals surface area contributed by atoms with E-state index in [4.69, 9.17) is 0 Å². The summed E-state index contributed by atoms with van der Waals surface area (Å²) in [5, 5.41) is 15.8. The van der Waals surface area contributed by atoms with Gasteiger partial charge >= 0.3 is 0 Å². The van der Waals surface area contributed by atoms with Gasteiger partial charge in [-0.25, -0.2) is 0 Å². The first-order valence-corrected chi connectivity index (χ1v) is 10.5. The fourth-order valence-electron chi connectivity index (χ4n) is 4.77. The molecule has 2 N–H and O–H groups in total. The number of aromatic nitrogens is 3. The quantitative estimate of drug-likeness (QED) is 0.362. The van der Waals surface area contributed by atoms with Gasteiger partial charge in [-0.1, -0.05) is 33.1 Å². The van der Waals surface area contributed by atoms with Crippen molar-refractivity contribution in [3.63, 3.8) is 0 Å². The molecule has 0 bridgehead atoms. The predicted octanol–water partition coefficient (Wildman–Crippen LogP) is 3.89. The summed E-state index contributed by atoms with van der Waals surface area (Å²) in [5.41, 5.74) is 0.442. The Hall–Kier alpha value is -0.860. The molecule has 0 atom stereocenters. The summed E-state index contributed by atoms with van der Waals surface area (Å²) < 4.78 is 2.30. The summed E-state index contributed by atoms with van der Waals surface area (Å²) in [6.45, 7) is 7.42. The van der Waals surface area contributed by atoms with E-state index < -0.39 is 0 Å². The number of hydrogen-bond acceptors (Lipinski definition) is 3. The lowest BCUT2D eigenvalue weighted by atomic mass is 9.78. The topological polar surface area (TPSA) is 67.1 Å². The Morgan fingerprint density at radius 1 is 1.11 bits per heavy atom. The van der Waals surface area contributed by atoms with Crippen LogP contribution in [0.25, 0.3) is 0 Å². The van der Waals surface area contributed by atoms with E-state index in [1.165, 1.54) is 51.4 Å². The third-order valence-corrected chi connectivity index (χ3v) is 5.96. The normalized spacial score (nSPS) is 19.3. The molecule has 1 saturated carbocycles. The Morgan fingerprint density at radius 3 is 2.59 bits per heavy atom. The van der Waals surface area contributed by atoms with Crippen LogP contribution in [0.4, 0.5) is 0 Å². The molecule has 0 amide bonds. The van der Waals surface area contributed by atoms with Crippen molar-refractivity contribution in [2.45, 2.75) is 84.7 Å². The van der Waals surface area contributed by atoms with Gasteiger partial charge in [0.05, 0.1) is 6.54 Å². The van der Waals surface area contributed by atoms with Crippen LogP contribution < -0.4 is 10.6 Å². The average molecular weight is 488 g/mol. The van der Waals surface area contributed by atoms with Gasteiger partial charge in [0, 0.05) is 26.6 Å². The molecular formula is C20H37IN6. The van der Waals surface area contributed by atoms with Gasteiger partial charge in [-0.05, 0) is 43.4 Å². The maximum Gasteiger partial charge on any atom is 0.191 e. The Bertz CT molecular complexity index is 604. The first-order chi connectivity index (χ1) is 12.6. The molecular weight excluding hydrogens is 451 g/mol. The van der Waals surface area contributed by atoms with Gasteiger partial charge in [0.25, 0.3) is 0 Å². The lowest BCUT2D eigenvalue weighted by Gasteiger charge is -2.31. The van der Waals surface area contributed by atoms with Crippen molar-refractivity contribution in [3.05, 3.63) is 11.6 Å². The van der Waals surface area contributed by atoms with E-state index in [0.717, 1.165) is 43.0 Å². The molecule has 7 heteroatoms. The van der Waals surface area contributed by atoms with E-state index >= 15 is 0 Å². The molecule has 1 aliphatic carbocycles. The molecule has 1 aromatic heterocycles. The first-order valence-electron chi connectivity index (χ1n) is 10.5. The highest BCUT2D eigenvalue weighted by Gasteiger charge is 2.34. The van der Waals surface area contributed by atoms with Crippen molar-refractivity contribution in [2.75, 3.05) is 13.6 Å². The minimum absolute atomic E-state index is 0. The van der Waals surface area contributed by atoms with E-state index in [2.05, 4.69) is 44.2 Å². The lowest BCUT2D eigenvalue weighted by molar-refractivity contribution is 0.234. The zero-order valence-corrected chi connectivity index (χ0v) is 19.6. The zero-order chi connectivity index (χ0) is 18.4. The van der Waals surface area contributed by atoms with E-state index in [1.807, 2.05) is 7.05 Å². The fourth-order valence-corrected chi connectivity index (χ4v) is 4.77. The molecule has 1 aromatic rings. The van der Waals surface area contributed by atoms with Crippen molar-refractivity contribution in [1.29, 1.82) is 0 Å². The van der Waals surface area contributed by atoms with Crippen molar-refractivity contribution in [1.82, 2.24) is 25.4 Å². The predicted molar refractivity (Wildman–Crippen MR) is 122 cm³/mol. The number of guanidine groups is 1. The standard InChI is InChI=1S/C20H36N6.HI/c1-16(2)13-20(10-6-7-11-20)15-23-19(21-3)22-14-18-25-24-17-9-5-4-8-12-26(17)18;/h16H,4-15H2,1-3H3,(H2,21,22,23);1H. The number of hydrogen-bond donors (Lipinski definition) is 2. The van der Waals surface area contributed by atoms with Crippen LogP contribution in [0, 0.1) is 11.3 Å². The van der Waals surface area contributed by atoms with Gasteiger partial charge in [-0.2, -0.15) is 0 Å². The summed E-state index contributed by atoms with van der Waals surface area (Å²) in [6, 6.07) is 0. The number of aryl methyl sites for hydroxylation is 1. The van der Waals surface area contributed by atoms with Gasteiger partial charge in [-0.3, -0.25) is 4.99 Å². The number of fused-ring (bicyclic) bond motifs is 1. The van der Waals surface area contributed by atoms with Gasteiger partial charge in [-0.15, -0.1) is 34.2 Å². The van der Waals surface area contributed by atoms with Crippen LogP contribution in [0.15, 0.2) is 4.99 Å². The summed E-state index contributed by atoms with van der Waals surface area (Å²) in [5.74, 6) is 3.80. The minimum atomic E-state index is 0. The third kappa shape index (κ3) is 6.06. The molecule has 0 unspecified atom stereocenters. The molecule has 3 rings (SSSR count). The molecule has 0 aromatic carbocycles. The van der Waals surface area contributed by atoms with Gasteiger partial charge < -0.3 is 15.2 Å². The smallest absolute Gasteiger partial charge is 0.191 e. The second kappa shape index (κ2) is 10.6. The SMILES string of the molecule is CN=C(NCc1nnc2n1CCCCC2)NCC1(CC(C)C)CCCC1.I. The largest absolute Gasteiger partial charge is 0.356 e. The average Bonchev–Trinajstić information content (AvgIpc) is 3.15. The highest BCUT2D eigenvalue weighted by Crippen LogP contribution is 2.42. The second-order valence-corrected chi connectivity index (χ2v) is 8.58. The Labute approximate surface area is 181 Å². The zero-order valence-electron chi connectivity index (χ0n) is 17.3. The molecule has 0 spiro atoms. The first kappa shape index (κ1) is 22.4. The summed E-state index contributed by atoms with van der Waals surface area (Å²) in [7, 11) is 1.85. The third-order valence-electron chi connectivity index (χ3n) is 5.96. The van der Waals surface area contributed by atoms with Gasteiger partial charge in [0.1, 0.15) is 5.82 Å². The molecule has 2 aliphatic rings. The minimum Gasteiger partial charge on any atom is -0.356 e. The van der Waals surface area contributed by atoms with Crippen LogP contribution in [-0.2, 0) is 19.5 Å². The van der Waals surface area contributed by atoms with Gasteiger partial charge in [0.2, 0.25) is 0 Å². The molecule has 0 radical (unpaired) electrons. The van der Waals surface area contributed by atoms with E-state index in [-0.39, 0.29) is 24.0 Å². The molecule has 154 valence electrons. The highest BCUT2D eigenvalue weighted by molar-refractivity contribution is 14.0.